The molecule has 2 aliphatic rings. The lowest BCUT2D eigenvalue weighted by atomic mass is 9.83. The fourth-order valence-electron chi connectivity index (χ4n) is 6.20. The number of carbonyl (C=O) groups is 3. The van der Waals surface area contributed by atoms with E-state index in [0.717, 1.165) is 49.2 Å². The molecule has 1 aliphatic heterocycles. The average molecular weight is 696 g/mol. The van der Waals surface area contributed by atoms with Crippen LogP contribution in [0, 0.1) is 5.92 Å². The zero-order chi connectivity index (χ0) is 36.1. The number of nitrogens with one attached hydrogen (secondary N) is 2. The molecule has 0 spiro atoms. The average Bonchev–Trinajstić information content (AvgIpc) is 3.58. The summed E-state index contributed by atoms with van der Waals surface area (Å²) in [4.78, 5) is 46.4. The molecule has 3 amide bonds. The van der Waals surface area contributed by atoms with Gasteiger partial charge in [0.25, 0.3) is 5.91 Å². The minimum absolute atomic E-state index is 0.0102. The summed E-state index contributed by atoms with van der Waals surface area (Å²) < 4.78 is 53.9. The van der Waals surface area contributed by atoms with Gasteiger partial charge in [0, 0.05) is 50.6 Å². The van der Waals surface area contributed by atoms with Crippen LogP contribution in [-0.2, 0) is 35.1 Å². The van der Waals surface area contributed by atoms with E-state index in [1.165, 1.54) is 30.3 Å². The fourth-order valence-corrected chi connectivity index (χ4v) is 6.20. The molecule has 268 valence electrons. The Morgan fingerprint density at radius 1 is 0.980 bits per heavy atom. The molecule has 1 saturated heterocycles. The van der Waals surface area contributed by atoms with Crippen LogP contribution in [0.5, 0.6) is 11.5 Å². The first-order valence-corrected chi connectivity index (χ1v) is 16.9. The van der Waals surface area contributed by atoms with Gasteiger partial charge in [0.15, 0.2) is 0 Å². The zero-order valence-corrected chi connectivity index (χ0v) is 28.9. The van der Waals surface area contributed by atoms with Crippen LogP contribution in [-0.4, -0.2) is 71.5 Å². The standard InChI is InChI=1S/C37H44F3N5O5/c1-36(2,3)50-35(48)45(16-15-44-13-5-6-14-44)23-24-17-28(37(38,39)40)21-29(18-24)43-33(46)26-8-7-25-9-10-30(20-27(25)19-26)49-31-11-12-42-32(22-31)34(47)41-4/h9-12,17-18,20-22,26H,5-8,13-16,19,23H2,1-4H3,(H,41,47)(H,43,46). The highest BCUT2D eigenvalue weighted by atomic mass is 19.4. The topological polar surface area (TPSA) is 113 Å². The van der Waals surface area contributed by atoms with E-state index in [9.17, 15) is 27.6 Å². The van der Waals surface area contributed by atoms with E-state index in [-0.39, 0.29) is 35.9 Å². The van der Waals surface area contributed by atoms with Crippen molar-refractivity contribution in [2.24, 2.45) is 5.92 Å². The summed E-state index contributed by atoms with van der Waals surface area (Å²) in [7, 11) is 1.51. The summed E-state index contributed by atoms with van der Waals surface area (Å²) in [5.74, 6) is -0.295. The lowest BCUT2D eigenvalue weighted by Gasteiger charge is -2.29. The lowest BCUT2D eigenvalue weighted by Crippen LogP contribution is -2.40. The van der Waals surface area contributed by atoms with Gasteiger partial charge < -0.3 is 29.9 Å². The molecule has 1 unspecified atom stereocenters. The number of benzene rings is 2. The Balaban J connectivity index is 1.31. The second-order valence-electron chi connectivity index (χ2n) is 13.8. The summed E-state index contributed by atoms with van der Waals surface area (Å²) in [5, 5.41) is 5.25. The van der Waals surface area contributed by atoms with Crippen molar-refractivity contribution in [1.29, 1.82) is 0 Å². The number of hydrogen-bond donors (Lipinski definition) is 2. The van der Waals surface area contributed by atoms with Gasteiger partial charge in [0.1, 0.15) is 22.8 Å². The quantitative estimate of drug-likeness (QED) is 0.239. The highest BCUT2D eigenvalue weighted by Crippen LogP contribution is 2.34. The minimum Gasteiger partial charge on any atom is -0.457 e. The molecule has 13 heteroatoms. The molecule has 2 aromatic carbocycles. The highest BCUT2D eigenvalue weighted by molar-refractivity contribution is 5.93. The number of carbonyl (C=O) groups excluding carboxylic acids is 3. The van der Waals surface area contributed by atoms with E-state index in [1.54, 1.807) is 26.8 Å². The summed E-state index contributed by atoms with van der Waals surface area (Å²) in [6.07, 6.45) is -0.173. The van der Waals surface area contributed by atoms with Gasteiger partial charge in [0.2, 0.25) is 5.91 Å². The number of amides is 3. The molecule has 1 aromatic heterocycles. The van der Waals surface area contributed by atoms with Crippen LogP contribution >= 0.6 is 0 Å². The number of nitrogens with zero attached hydrogens (tertiary/aromatic N) is 3. The zero-order valence-electron chi connectivity index (χ0n) is 28.9. The molecule has 0 radical (unpaired) electrons. The number of ether oxygens (including phenoxy) is 2. The van der Waals surface area contributed by atoms with Crippen LogP contribution in [0.15, 0.2) is 54.7 Å². The molecule has 10 nitrogen and oxygen atoms in total. The van der Waals surface area contributed by atoms with Crippen molar-refractivity contribution in [2.45, 2.75) is 71.2 Å². The molecule has 2 heterocycles. The van der Waals surface area contributed by atoms with Crippen molar-refractivity contribution in [3.05, 3.63) is 82.7 Å². The first-order valence-electron chi connectivity index (χ1n) is 16.9. The fraction of sp³-hybridized carbons (Fsp3) is 0.459. The van der Waals surface area contributed by atoms with E-state index in [4.69, 9.17) is 9.47 Å². The molecule has 0 bridgehead atoms. The number of alkyl halides is 3. The van der Waals surface area contributed by atoms with Crippen LogP contribution in [0.25, 0.3) is 0 Å². The Morgan fingerprint density at radius 2 is 1.72 bits per heavy atom. The molecule has 0 saturated carbocycles. The molecule has 3 aromatic rings. The van der Waals surface area contributed by atoms with E-state index >= 15 is 0 Å². The predicted molar refractivity (Wildman–Crippen MR) is 182 cm³/mol. The molecular formula is C37H44F3N5O5. The molecule has 1 atom stereocenters. The van der Waals surface area contributed by atoms with E-state index in [2.05, 4.69) is 20.5 Å². The molecule has 1 aliphatic carbocycles. The van der Waals surface area contributed by atoms with Gasteiger partial charge in [-0.3, -0.25) is 14.6 Å². The maximum Gasteiger partial charge on any atom is 0.416 e. The highest BCUT2D eigenvalue weighted by Gasteiger charge is 2.33. The first-order chi connectivity index (χ1) is 23.7. The van der Waals surface area contributed by atoms with Crippen molar-refractivity contribution >= 4 is 23.6 Å². The lowest BCUT2D eigenvalue weighted by molar-refractivity contribution is -0.137. The number of halogens is 3. The van der Waals surface area contributed by atoms with Crippen molar-refractivity contribution in [3.63, 3.8) is 0 Å². The Morgan fingerprint density at radius 3 is 2.42 bits per heavy atom. The van der Waals surface area contributed by atoms with Crippen LogP contribution in [0.3, 0.4) is 0 Å². The number of pyridine rings is 1. The number of hydrogen-bond acceptors (Lipinski definition) is 7. The molecule has 5 rings (SSSR count). The smallest absolute Gasteiger partial charge is 0.416 e. The third-order valence-corrected chi connectivity index (χ3v) is 8.70. The largest absolute Gasteiger partial charge is 0.457 e. The molecular weight excluding hydrogens is 651 g/mol. The van der Waals surface area contributed by atoms with Gasteiger partial charge in [-0.15, -0.1) is 0 Å². The molecule has 50 heavy (non-hydrogen) atoms. The number of aryl methyl sites for hydroxylation is 1. The number of likely N-dealkylation sites (tertiary alicyclic amines) is 1. The van der Waals surface area contributed by atoms with Crippen molar-refractivity contribution in [2.75, 3.05) is 38.5 Å². The maximum atomic E-state index is 14.1. The number of rotatable bonds is 10. The summed E-state index contributed by atoms with van der Waals surface area (Å²) in [6, 6.07) is 12.2. The Bertz CT molecular complexity index is 1700. The van der Waals surface area contributed by atoms with Crippen molar-refractivity contribution < 1.29 is 37.0 Å². The van der Waals surface area contributed by atoms with Gasteiger partial charge in [-0.2, -0.15) is 13.2 Å². The first kappa shape index (κ1) is 36.6. The summed E-state index contributed by atoms with van der Waals surface area (Å²) in [5.41, 5.74) is 0.698. The summed E-state index contributed by atoms with van der Waals surface area (Å²) in [6.45, 7) is 7.79. The van der Waals surface area contributed by atoms with Crippen LogP contribution < -0.4 is 15.4 Å². The Kier molecular flexibility index (Phi) is 11.3. The number of fused-ring (bicyclic) bond motifs is 1. The Labute approximate surface area is 290 Å². The minimum atomic E-state index is -4.67. The van der Waals surface area contributed by atoms with E-state index < -0.39 is 35.3 Å². The van der Waals surface area contributed by atoms with Gasteiger partial charge >= 0.3 is 12.3 Å². The predicted octanol–water partition coefficient (Wildman–Crippen LogP) is 6.83. The third-order valence-electron chi connectivity index (χ3n) is 8.70. The van der Waals surface area contributed by atoms with Crippen LogP contribution in [0.1, 0.15) is 72.8 Å². The van der Waals surface area contributed by atoms with Crippen LogP contribution in [0.2, 0.25) is 0 Å². The Hall–Kier alpha value is -4.65. The van der Waals surface area contributed by atoms with E-state index in [1.807, 2.05) is 18.2 Å². The van der Waals surface area contributed by atoms with Crippen LogP contribution in [0.4, 0.5) is 23.7 Å². The second kappa shape index (κ2) is 15.5. The monoisotopic (exact) mass is 695 g/mol. The van der Waals surface area contributed by atoms with Crippen molar-refractivity contribution in [1.82, 2.24) is 20.1 Å². The summed E-state index contributed by atoms with van der Waals surface area (Å²) >= 11 is 0. The van der Waals surface area contributed by atoms with Crippen molar-refractivity contribution in [3.8, 4) is 11.5 Å². The third kappa shape index (κ3) is 9.96. The second-order valence-corrected chi connectivity index (χ2v) is 13.8. The normalized spacial score (nSPS) is 16.3. The SMILES string of the molecule is CNC(=O)c1cc(Oc2ccc3c(c2)CC(C(=O)Nc2cc(CN(CCN4CCCC4)C(=O)OC(C)(C)C)cc(C(F)(F)F)c2)CC3)ccn1. The van der Waals surface area contributed by atoms with Gasteiger partial charge in [-0.1, -0.05) is 6.07 Å². The molecule has 1 fully saturated rings. The number of anilines is 1. The van der Waals surface area contributed by atoms with Gasteiger partial charge in [-0.05, 0) is 119 Å². The van der Waals surface area contributed by atoms with Gasteiger partial charge in [-0.25, -0.2) is 4.79 Å². The number of aromatic nitrogens is 1. The maximum absolute atomic E-state index is 14.1. The van der Waals surface area contributed by atoms with E-state index in [0.29, 0.717) is 37.3 Å². The van der Waals surface area contributed by atoms with Gasteiger partial charge in [0.05, 0.1) is 5.56 Å². The molecule has 2 N–H and O–H groups in total.